The predicted octanol–water partition coefficient (Wildman–Crippen LogP) is 1.41. The number of aromatic amines is 1. The van der Waals surface area contributed by atoms with Crippen LogP contribution in [0.2, 0.25) is 0 Å². The molecule has 0 radical (unpaired) electrons. The number of aryl methyl sites for hydroxylation is 2. The Hall–Kier alpha value is -2.37. The quantitative estimate of drug-likeness (QED) is 0.803. The molecule has 0 aliphatic heterocycles. The van der Waals surface area contributed by atoms with Gasteiger partial charge >= 0.3 is 0 Å². The lowest BCUT2D eigenvalue weighted by Gasteiger charge is -1.98. The zero-order valence-electron chi connectivity index (χ0n) is 10.6. The summed E-state index contributed by atoms with van der Waals surface area (Å²) in [6.45, 7) is 3.81. The first kappa shape index (κ1) is 12.1. The smallest absolute Gasteiger partial charge is 0.249 e. The fourth-order valence-electron chi connectivity index (χ4n) is 1.46. The van der Waals surface area contributed by atoms with Crippen LogP contribution in [0.1, 0.15) is 16.8 Å². The lowest BCUT2D eigenvalue weighted by Crippen LogP contribution is -2.09. The molecule has 2 N–H and O–H groups in total. The van der Waals surface area contributed by atoms with Gasteiger partial charge in [-0.15, -0.1) is 0 Å². The highest BCUT2D eigenvalue weighted by atomic mass is 16.1. The summed E-state index contributed by atoms with van der Waals surface area (Å²) >= 11 is 0. The summed E-state index contributed by atoms with van der Waals surface area (Å²) in [5, 5.41) is 13.5. The van der Waals surface area contributed by atoms with E-state index in [9.17, 15) is 4.79 Å². The van der Waals surface area contributed by atoms with E-state index < -0.39 is 0 Å². The van der Waals surface area contributed by atoms with Crippen LogP contribution in [0, 0.1) is 13.8 Å². The minimum atomic E-state index is -0.214. The number of carbonyl (C=O) groups excluding carboxylic acids is 1. The fraction of sp³-hybridized carbons (Fsp3) is 0.250. The van der Waals surface area contributed by atoms with E-state index in [0.29, 0.717) is 5.82 Å². The van der Waals surface area contributed by atoms with E-state index in [4.69, 9.17) is 0 Å². The van der Waals surface area contributed by atoms with Gasteiger partial charge in [-0.25, -0.2) is 0 Å². The van der Waals surface area contributed by atoms with E-state index in [1.165, 1.54) is 6.08 Å². The number of rotatable bonds is 3. The number of nitrogens with one attached hydrogen (secondary N) is 2. The van der Waals surface area contributed by atoms with Gasteiger partial charge in [0, 0.05) is 36.1 Å². The SMILES string of the molecule is Cc1[nH]nc(NC(=O)/C=C/c2cnn(C)c2)c1C. The number of carbonyl (C=O) groups is 1. The van der Waals surface area contributed by atoms with Crippen LogP contribution in [0.3, 0.4) is 0 Å². The molecule has 0 aliphatic rings. The molecule has 2 heterocycles. The Morgan fingerprint density at radius 3 is 2.83 bits per heavy atom. The van der Waals surface area contributed by atoms with E-state index in [1.54, 1.807) is 17.0 Å². The van der Waals surface area contributed by atoms with Crippen molar-refractivity contribution in [1.82, 2.24) is 20.0 Å². The first-order valence-electron chi connectivity index (χ1n) is 5.55. The van der Waals surface area contributed by atoms with Gasteiger partial charge in [0.15, 0.2) is 5.82 Å². The van der Waals surface area contributed by atoms with Crippen LogP contribution in [-0.2, 0) is 11.8 Å². The van der Waals surface area contributed by atoms with Gasteiger partial charge in [-0.2, -0.15) is 10.2 Å². The third-order valence-electron chi connectivity index (χ3n) is 2.65. The largest absolute Gasteiger partial charge is 0.305 e. The average molecular weight is 245 g/mol. The Bertz CT molecular complexity index is 593. The molecule has 0 bridgehead atoms. The predicted molar refractivity (Wildman–Crippen MR) is 68.9 cm³/mol. The molecule has 0 atom stereocenters. The lowest BCUT2D eigenvalue weighted by molar-refractivity contribution is -0.111. The first-order valence-corrected chi connectivity index (χ1v) is 5.55. The minimum Gasteiger partial charge on any atom is -0.305 e. The summed E-state index contributed by atoms with van der Waals surface area (Å²) in [6.07, 6.45) is 6.68. The Labute approximate surface area is 105 Å². The van der Waals surface area contributed by atoms with Crippen LogP contribution in [0.4, 0.5) is 5.82 Å². The Balaban J connectivity index is 2.01. The number of anilines is 1. The van der Waals surface area contributed by atoms with Crippen LogP contribution in [0.25, 0.3) is 6.08 Å². The molecule has 2 rings (SSSR count). The second-order valence-corrected chi connectivity index (χ2v) is 4.09. The molecule has 0 aromatic carbocycles. The maximum atomic E-state index is 11.7. The second kappa shape index (κ2) is 4.87. The normalized spacial score (nSPS) is 11.1. The molecular weight excluding hydrogens is 230 g/mol. The van der Waals surface area contributed by atoms with E-state index in [0.717, 1.165) is 16.8 Å². The molecule has 2 aromatic heterocycles. The third kappa shape index (κ3) is 2.65. The minimum absolute atomic E-state index is 0.214. The third-order valence-corrected chi connectivity index (χ3v) is 2.65. The first-order chi connectivity index (χ1) is 8.56. The van der Waals surface area contributed by atoms with Crippen molar-refractivity contribution in [3.05, 3.63) is 35.3 Å². The maximum Gasteiger partial charge on any atom is 0.249 e. The van der Waals surface area contributed by atoms with Gasteiger partial charge in [0.2, 0.25) is 5.91 Å². The molecule has 0 unspecified atom stereocenters. The van der Waals surface area contributed by atoms with Crippen molar-refractivity contribution in [2.75, 3.05) is 5.32 Å². The summed E-state index contributed by atoms with van der Waals surface area (Å²) in [7, 11) is 1.83. The van der Waals surface area contributed by atoms with E-state index in [-0.39, 0.29) is 5.91 Å². The van der Waals surface area contributed by atoms with Crippen molar-refractivity contribution < 1.29 is 4.79 Å². The summed E-state index contributed by atoms with van der Waals surface area (Å²) in [6, 6.07) is 0. The van der Waals surface area contributed by atoms with Crippen molar-refractivity contribution in [3.63, 3.8) is 0 Å². The summed E-state index contributed by atoms with van der Waals surface area (Å²) < 4.78 is 1.68. The summed E-state index contributed by atoms with van der Waals surface area (Å²) in [4.78, 5) is 11.7. The number of aromatic nitrogens is 4. The van der Waals surface area contributed by atoms with Gasteiger partial charge in [-0.3, -0.25) is 14.6 Å². The number of H-pyrrole nitrogens is 1. The molecule has 1 amide bonds. The molecule has 0 fully saturated rings. The highest BCUT2D eigenvalue weighted by Gasteiger charge is 2.07. The summed E-state index contributed by atoms with van der Waals surface area (Å²) in [5.41, 5.74) is 2.77. The number of hydrogen-bond acceptors (Lipinski definition) is 3. The highest BCUT2D eigenvalue weighted by molar-refractivity contribution is 6.01. The molecule has 0 saturated heterocycles. The molecule has 2 aromatic rings. The van der Waals surface area contributed by atoms with Gasteiger partial charge in [0.25, 0.3) is 0 Å². The zero-order valence-corrected chi connectivity index (χ0v) is 10.6. The zero-order chi connectivity index (χ0) is 13.1. The second-order valence-electron chi connectivity index (χ2n) is 4.09. The number of hydrogen-bond donors (Lipinski definition) is 2. The standard InChI is InChI=1S/C12H15N5O/c1-8-9(2)15-16-12(8)14-11(18)5-4-10-6-13-17(3)7-10/h4-7H,1-3H3,(H2,14,15,16,18)/b5-4+. The van der Waals surface area contributed by atoms with E-state index in [1.807, 2.05) is 27.1 Å². The molecule has 0 saturated carbocycles. The highest BCUT2D eigenvalue weighted by Crippen LogP contribution is 2.13. The molecule has 6 heteroatoms. The molecule has 0 spiro atoms. The van der Waals surface area contributed by atoms with Crippen molar-refractivity contribution in [2.45, 2.75) is 13.8 Å². The molecular formula is C12H15N5O. The van der Waals surface area contributed by atoms with Crippen molar-refractivity contribution in [3.8, 4) is 0 Å². The lowest BCUT2D eigenvalue weighted by atomic mass is 10.2. The van der Waals surface area contributed by atoms with E-state index in [2.05, 4.69) is 20.6 Å². The monoisotopic (exact) mass is 245 g/mol. The van der Waals surface area contributed by atoms with Gasteiger partial charge in [0.05, 0.1) is 6.20 Å². The van der Waals surface area contributed by atoms with Crippen molar-refractivity contribution in [1.29, 1.82) is 0 Å². The Morgan fingerprint density at radius 2 is 2.28 bits per heavy atom. The van der Waals surface area contributed by atoms with Crippen LogP contribution < -0.4 is 5.32 Å². The van der Waals surface area contributed by atoms with Gasteiger partial charge in [-0.1, -0.05) is 0 Å². The molecule has 18 heavy (non-hydrogen) atoms. The summed E-state index contributed by atoms with van der Waals surface area (Å²) in [5.74, 6) is 0.349. The van der Waals surface area contributed by atoms with Gasteiger partial charge < -0.3 is 5.32 Å². The topological polar surface area (TPSA) is 75.6 Å². The number of nitrogens with zero attached hydrogens (tertiary/aromatic N) is 3. The molecule has 6 nitrogen and oxygen atoms in total. The van der Waals surface area contributed by atoms with Gasteiger partial charge in [-0.05, 0) is 19.9 Å². The van der Waals surface area contributed by atoms with Crippen molar-refractivity contribution in [2.24, 2.45) is 7.05 Å². The van der Waals surface area contributed by atoms with Crippen LogP contribution >= 0.6 is 0 Å². The Kier molecular flexibility index (Phi) is 3.27. The van der Waals surface area contributed by atoms with Crippen molar-refractivity contribution >= 4 is 17.8 Å². The Morgan fingerprint density at radius 1 is 1.50 bits per heavy atom. The fourth-order valence-corrected chi connectivity index (χ4v) is 1.46. The van der Waals surface area contributed by atoms with Gasteiger partial charge in [0.1, 0.15) is 0 Å². The van der Waals surface area contributed by atoms with E-state index >= 15 is 0 Å². The molecule has 94 valence electrons. The van der Waals surface area contributed by atoms with Crippen LogP contribution in [0.15, 0.2) is 18.5 Å². The van der Waals surface area contributed by atoms with Crippen LogP contribution in [0.5, 0.6) is 0 Å². The average Bonchev–Trinajstić information content (AvgIpc) is 2.88. The van der Waals surface area contributed by atoms with Crippen LogP contribution in [-0.4, -0.2) is 25.9 Å². The molecule has 0 aliphatic carbocycles. The number of amides is 1. The maximum absolute atomic E-state index is 11.7.